The van der Waals surface area contributed by atoms with Crippen molar-refractivity contribution in [3.05, 3.63) is 64.7 Å². The van der Waals surface area contributed by atoms with Crippen LogP contribution >= 0.6 is 11.6 Å². The Bertz CT molecular complexity index is 744. The van der Waals surface area contributed by atoms with E-state index >= 15 is 0 Å². The first-order chi connectivity index (χ1) is 12.5. The van der Waals surface area contributed by atoms with E-state index in [0.717, 1.165) is 30.1 Å². The molecule has 4 heteroatoms. The topological polar surface area (TPSA) is 32.3 Å². The van der Waals surface area contributed by atoms with Gasteiger partial charge in [-0.2, -0.15) is 0 Å². The number of amides is 1. The molecule has 1 fully saturated rings. The van der Waals surface area contributed by atoms with E-state index < -0.39 is 0 Å². The summed E-state index contributed by atoms with van der Waals surface area (Å²) in [4.78, 5) is 14.8. The lowest BCUT2D eigenvalue weighted by atomic mass is 9.99. The highest BCUT2D eigenvalue weighted by molar-refractivity contribution is 6.30. The maximum absolute atomic E-state index is 12.3. The molecule has 3 nitrogen and oxygen atoms in total. The molecule has 138 valence electrons. The number of hydrogen-bond donors (Lipinski definition) is 1. The van der Waals surface area contributed by atoms with E-state index in [4.69, 9.17) is 11.6 Å². The Morgan fingerprint density at radius 1 is 1.27 bits per heavy atom. The monoisotopic (exact) mass is 370 g/mol. The summed E-state index contributed by atoms with van der Waals surface area (Å²) in [5, 5.41) is 3.73. The first kappa shape index (κ1) is 18.8. The summed E-state index contributed by atoms with van der Waals surface area (Å²) in [5.41, 5.74) is 3.33. The summed E-state index contributed by atoms with van der Waals surface area (Å²) in [6.07, 6.45) is 2.93. The van der Waals surface area contributed by atoms with Gasteiger partial charge < -0.3 is 10.2 Å². The molecular weight excluding hydrogens is 344 g/mol. The SMILES string of the molecule is C[C@H]1CCCN(c2ccc([C@H](C)NC(=O)Cc3cccc(Cl)c3)cc2)C1. The third-order valence-electron chi connectivity index (χ3n) is 5.05. The van der Waals surface area contributed by atoms with Gasteiger partial charge in [-0.25, -0.2) is 0 Å². The average Bonchev–Trinajstić information content (AvgIpc) is 2.61. The summed E-state index contributed by atoms with van der Waals surface area (Å²) < 4.78 is 0. The number of hydrogen-bond acceptors (Lipinski definition) is 2. The van der Waals surface area contributed by atoms with Crippen molar-refractivity contribution in [2.24, 2.45) is 5.92 Å². The molecule has 0 aliphatic carbocycles. The number of nitrogens with zero attached hydrogens (tertiary/aromatic N) is 1. The molecule has 0 spiro atoms. The molecule has 0 radical (unpaired) electrons. The summed E-state index contributed by atoms with van der Waals surface area (Å²) in [6, 6.07) is 16.0. The fraction of sp³-hybridized carbons (Fsp3) is 0.409. The van der Waals surface area contributed by atoms with Crippen molar-refractivity contribution in [3.8, 4) is 0 Å². The molecule has 0 saturated carbocycles. The Morgan fingerprint density at radius 2 is 2.04 bits per heavy atom. The standard InChI is InChI=1S/C22H27ClN2O/c1-16-5-4-12-25(15-16)21-10-8-19(9-11-21)17(2)24-22(26)14-18-6-3-7-20(23)13-18/h3,6-11,13,16-17H,4-5,12,14-15H2,1-2H3,(H,24,26)/t16-,17-/m0/s1. The second-order valence-corrected chi connectivity index (χ2v) is 7.82. The number of halogens is 1. The Hall–Kier alpha value is -2.00. The van der Waals surface area contributed by atoms with Crippen LogP contribution in [0.5, 0.6) is 0 Å². The third kappa shape index (κ3) is 5.01. The zero-order valence-electron chi connectivity index (χ0n) is 15.5. The average molecular weight is 371 g/mol. The van der Waals surface area contributed by atoms with Crippen LogP contribution in [0.15, 0.2) is 48.5 Å². The summed E-state index contributed by atoms with van der Waals surface area (Å²) in [7, 11) is 0. The molecule has 0 aromatic heterocycles. The number of piperidine rings is 1. The van der Waals surface area contributed by atoms with Gasteiger partial charge in [0.25, 0.3) is 0 Å². The molecule has 2 atom stereocenters. The Labute approximate surface area is 161 Å². The number of carbonyl (C=O) groups excluding carboxylic acids is 1. The van der Waals surface area contributed by atoms with E-state index in [1.54, 1.807) is 0 Å². The van der Waals surface area contributed by atoms with Gasteiger partial charge in [-0.3, -0.25) is 4.79 Å². The van der Waals surface area contributed by atoms with Crippen LogP contribution in [0.2, 0.25) is 5.02 Å². The number of benzene rings is 2. The fourth-order valence-electron chi connectivity index (χ4n) is 3.61. The smallest absolute Gasteiger partial charge is 0.224 e. The normalized spacial score (nSPS) is 18.4. The van der Waals surface area contributed by atoms with E-state index in [0.29, 0.717) is 11.4 Å². The van der Waals surface area contributed by atoms with Crippen LogP contribution < -0.4 is 10.2 Å². The van der Waals surface area contributed by atoms with E-state index in [9.17, 15) is 4.79 Å². The molecule has 1 aliphatic rings. The van der Waals surface area contributed by atoms with Gasteiger partial charge in [0.15, 0.2) is 0 Å². The highest BCUT2D eigenvalue weighted by Gasteiger charge is 2.17. The van der Waals surface area contributed by atoms with E-state index in [1.165, 1.54) is 18.5 Å². The van der Waals surface area contributed by atoms with Crippen molar-refractivity contribution in [2.45, 2.75) is 39.2 Å². The van der Waals surface area contributed by atoms with Crippen LogP contribution in [0.4, 0.5) is 5.69 Å². The van der Waals surface area contributed by atoms with E-state index in [-0.39, 0.29) is 11.9 Å². The third-order valence-corrected chi connectivity index (χ3v) is 5.28. The van der Waals surface area contributed by atoms with E-state index in [2.05, 4.69) is 41.4 Å². The van der Waals surface area contributed by atoms with Crippen molar-refractivity contribution < 1.29 is 4.79 Å². The van der Waals surface area contributed by atoms with Gasteiger partial charge in [0.2, 0.25) is 5.91 Å². The van der Waals surface area contributed by atoms with Gasteiger partial charge in [0.05, 0.1) is 12.5 Å². The zero-order valence-corrected chi connectivity index (χ0v) is 16.3. The summed E-state index contributed by atoms with van der Waals surface area (Å²) in [5.74, 6) is 0.766. The number of nitrogens with one attached hydrogen (secondary N) is 1. The van der Waals surface area contributed by atoms with Gasteiger partial charge in [0, 0.05) is 23.8 Å². The van der Waals surface area contributed by atoms with E-state index in [1.807, 2.05) is 31.2 Å². The second-order valence-electron chi connectivity index (χ2n) is 7.38. The maximum Gasteiger partial charge on any atom is 0.224 e. The molecule has 2 aromatic carbocycles. The maximum atomic E-state index is 12.3. The zero-order chi connectivity index (χ0) is 18.5. The highest BCUT2D eigenvalue weighted by atomic mass is 35.5. The van der Waals surface area contributed by atoms with Crippen molar-refractivity contribution in [2.75, 3.05) is 18.0 Å². The van der Waals surface area contributed by atoms with Crippen LogP contribution in [-0.4, -0.2) is 19.0 Å². The first-order valence-corrected chi connectivity index (χ1v) is 9.78. The van der Waals surface area contributed by atoms with Crippen LogP contribution in [0.1, 0.15) is 43.9 Å². The number of carbonyl (C=O) groups is 1. The number of rotatable bonds is 5. The summed E-state index contributed by atoms with van der Waals surface area (Å²) in [6.45, 7) is 6.60. The lowest BCUT2D eigenvalue weighted by Gasteiger charge is -2.33. The largest absolute Gasteiger partial charge is 0.371 e. The van der Waals surface area contributed by atoms with Gasteiger partial charge >= 0.3 is 0 Å². The Morgan fingerprint density at radius 3 is 2.73 bits per heavy atom. The molecule has 1 amide bonds. The van der Waals surface area contributed by atoms with Crippen molar-refractivity contribution in [1.29, 1.82) is 0 Å². The van der Waals surface area contributed by atoms with Crippen LogP contribution in [0.3, 0.4) is 0 Å². The molecule has 0 unspecified atom stereocenters. The van der Waals surface area contributed by atoms with Crippen molar-refractivity contribution in [1.82, 2.24) is 5.32 Å². The van der Waals surface area contributed by atoms with Crippen LogP contribution in [0, 0.1) is 5.92 Å². The van der Waals surface area contributed by atoms with Gasteiger partial charge in [0.1, 0.15) is 0 Å². The fourth-order valence-corrected chi connectivity index (χ4v) is 3.82. The number of anilines is 1. The minimum atomic E-state index is -0.0176. The predicted octanol–water partition coefficient (Wildman–Crippen LogP) is 5.00. The predicted molar refractivity (Wildman–Crippen MR) is 109 cm³/mol. The van der Waals surface area contributed by atoms with Crippen molar-refractivity contribution in [3.63, 3.8) is 0 Å². The van der Waals surface area contributed by atoms with Crippen LogP contribution in [0.25, 0.3) is 0 Å². The molecule has 1 aliphatic heterocycles. The molecule has 26 heavy (non-hydrogen) atoms. The molecule has 0 bridgehead atoms. The lowest BCUT2D eigenvalue weighted by molar-refractivity contribution is -0.121. The first-order valence-electron chi connectivity index (χ1n) is 9.40. The quantitative estimate of drug-likeness (QED) is 0.803. The van der Waals surface area contributed by atoms with Gasteiger partial charge in [-0.15, -0.1) is 0 Å². The molecule has 2 aromatic rings. The van der Waals surface area contributed by atoms with Crippen LogP contribution in [-0.2, 0) is 11.2 Å². The second kappa shape index (κ2) is 8.59. The minimum Gasteiger partial charge on any atom is -0.371 e. The van der Waals surface area contributed by atoms with Gasteiger partial charge in [-0.1, -0.05) is 42.8 Å². The molecule has 3 rings (SSSR count). The Balaban J connectivity index is 1.57. The molecule has 1 N–H and O–H groups in total. The van der Waals surface area contributed by atoms with Crippen molar-refractivity contribution >= 4 is 23.2 Å². The summed E-state index contributed by atoms with van der Waals surface area (Å²) >= 11 is 5.98. The molecular formula is C22H27ClN2O. The molecule has 1 heterocycles. The molecule has 1 saturated heterocycles. The highest BCUT2D eigenvalue weighted by Crippen LogP contribution is 2.24. The minimum absolute atomic E-state index is 0.00805. The van der Waals surface area contributed by atoms with Gasteiger partial charge in [-0.05, 0) is 61.1 Å². The Kier molecular flexibility index (Phi) is 6.20. The lowest BCUT2D eigenvalue weighted by Crippen LogP contribution is -2.34.